The van der Waals surface area contributed by atoms with E-state index in [1.807, 2.05) is 24.5 Å². The Hall–Kier alpha value is -0.830. The van der Waals surface area contributed by atoms with Gasteiger partial charge in [0.2, 0.25) is 0 Å². The van der Waals surface area contributed by atoms with E-state index in [-0.39, 0.29) is 0 Å². The first-order chi connectivity index (χ1) is 9.04. The van der Waals surface area contributed by atoms with Crippen molar-refractivity contribution in [3.05, 3.63) is 23.8 Å². The van der Waals surface area contributed by atoms with Crippen LogP contribution in [0.4, 0.5) is 5.69 Å². The lowest BCUT2D eigenvalue weighted by molar-refractivity contribution is 0.0997. The van der Waals surface area contributed by atoms with E-state index in [0.29, 0.717) is 17.9 Å². The van der Waals surface area contributed by atoms with Crippen LogP contribution in [0.15, 0.2) is 23.1 Å². The normalized spacial score (nSPS) is 13.6. The van der Waals surface area contributed by atoms with Crippen molar-refractivity contribution < 1.29 is 5.11 Å². The molecule has 1 aromatic rings. The van der Waals surface area contributed by atoms with Crippen molar-refractivity contribution in [3.8, 4) is 6.07 Å². The molecule has 1 atom stereocenters. The Labute approximate surface area is 123 Å². The first kappa shape index (κ1) is 16.2. The molecule has 2 N–H and O–H groups in total. The molecule has 0 aliphatic heterocycles. The van der Waals surface area contributed by atoms with Crippen molar-refractivity contribution in [2.45, 2.75) is 24.3 Å². The van der Waals surface area contributed by atoms with Crippen molar-refractivity contribution in [1.29, 1.82) is 5.26 Å². The quantitative estimate of drug-likeness (QED) is 0.757. The molecule has 0 aliphatic rings. The third-order valence-corrected chi connectivity index (χ3v) is 4.40. The van der Waals surface area contributed by atoms with Crippen LogP contribution in [0.5, 0.6) is 0 Å². The van der Waals surface area contributed by atoms with Gasteiger partial charge in [0.25, 0.3) is 0 Å². The third-order valence-electron chi connectivity index (χ3n) is 2.55. The fraction of sp³-hybridized carbons (Fsp3) is 0.500. The van der Waals surface area contributed by atoms with Gasteiger partial charge < -0.3 is 10.4 Å². The summed E-state index contributed by atoms with van der Waals surface area (Å²) in [6.07, 6.45) is 1.97. The van der Waals surface area contributed by atoms with Gasteiger partial charge in [0.15, 0.2) is 0 Å². The molecule has 0 saturated carbocycles. The summed E-state index contributed by atoms with van der Waals surface area (Å²) >= 11 is 3.26. The molecule has 0 radical (unpaired) electrons. The molecule has 0 spiro atoms. The molecule has 0 bridgehead atoms. The molecule has 0 heterocycles. The second-order valence-electron chi connectivity index (χ2n) is 4.51. The molecule has 1 unspecified atom stereocenters. The molecular formula is C14H20N2OS2. The zero-order chi connectivity index (χ0) is 14.3. The van der Waals surface area contributed by atoms with Crippen LogP contribution in [0.2, 0.25) is 0 Å². The Morgan fingerprint density at radius 3 is 2.79 bits per heavy atom. The lowest BCUT2D eigenvalue weighted by Gasteiger charge is -2.23. The van der Waals surface area contributed by atoms with Crippen molar-refractivity contribution in [2.24, 2.45) is 0 Å². The highest BCUT2D eigenvalue weighted by Gasteiger charge is 2.20. The zero-order valence-electron chi connectivity index (χ0n) is 11.6. The lowest BCUT2D eigenvalue weighted by atomic mass is 10.1. The number of thioether (sulfide) groups is 2. The van der Waals surface area contributed by atoms with Gasteiger partial charge in [-0.15, -0.1) is 11.8 Å². The maximum atomic E-state index is 10.1. The highest BCUT2D eigenvalue weighted by Crippen LogP contribution is 2.28. The summed E-state index contributed by atoms with van der Waals surface area (Å²) in [6, 6.07) is 8.02. The third kappa shape index (κ3) is 4.98. The second-order valence-corrected chi connectivity index (χ2v) is 6.68. The van der Waals surface area contributed by atoms with Gasteiger partial charge in [0.05, 0.1) is 16.9 Å². The molecule has 0 amide bonds. The highest BCUT2D eigenvalue weighted by molar-refractivity contribution is 7.99. The maximum Gasteiger partial charge on any atom is 0.102 e. The maximum absolute atomic E-state index is 10.1. The number of nitriles is 1. The minimum Gasteiger partial charge on any atom is -0.387 e. The monoisotopic (exact) mass is 296 g/mol. The van der Waals surface area contributed by atoms with Gasteiger partial charge in [-0.1, -0.05) is 13.0 Å². The van der Waals surface area contributed by atoms with E-state index < -0.39 is 5.60 Å². The Bertz CT molecular complexity index is 455. The Kier molecular flexibility index (Phi) is 6.56. The summed E-state index contributed by atoms with van der Waals surface area (Å²) in [5.74, 6) is 1.59. The topological polar surface area (TPSA) is 56.0 Å². The SMILES string of the molecule is CCSc1cccc(NCC(C)(O)CSC)c1C#N. The van der Waals surface area contributed by atoms with E-state index in [0.717, 1.165) is 16.3 Å². The number of anilines is 1. The minimum absolute atomic E-state index is 0.433. The van der Waals surface area contributed by atoms with Gasteiger partial charge in [0, 0.05) is 17.2 Å². The molecule has 3 nitrogen and oxygen atoms in total. The number of hydrogen-bond acceptors (Lipinski definition) is 5. The zero-order valence-corrected chi connectivity index (χ0v) is 13.2. The van der Waals surface area contributed by atoms with Gasteiger partial charge in [0.1, 0.15) is 6.07 Å². The van der Waals surface area contributed by atoms with E-state index in [1.165, 1.54) is 0 Å². The van der Waals surface area contributed by atoms with Crippen LogP contribution in [0.25, 0.3) is 0 Å². The Balaban J connectivity index is 2.84. The summed E-state index contributed by atoms with van der Waals surface area (Å²) < 4.78 is 0. The number of aliphatic hydroxyl groups is 1. The van der Waals surface area contributed by atoms with Crippen LogP contribution in [-0.4, -0.2) is 35.0 Å². The summed E-state index contributed by atoms with van der Waals surface area (Å²) in [5, 5.41) is 22.6. The Morgan fingerprint density at radius 2 is 2.21 bits per heavy atom. The predicted octanol–water partition coefficient (Wildman–Crippen LogP) is 3.20. The standard InChI is InChI=1S/C14H20N2OS2/c1-4-19-13-7-5-6-12(11(13)8-15)16-9-14(2,17)10-18-3/h5-7,16-17H,4,9-10H2,1-3H3. The molecule has 0 saturated heterocycles. The van der Waals surface area contributed by atoms with Crippen molar-refractivity contribution >= 4 is 29.2 Å². The second kappa shape index (κ2) is 7.68. The summed E-state index contributed by atoms with van der Waals surface area (Å²) in [7, 11) is 0. The smallest absolute Gasteiger partial charge is 0.102 e. The largest absolute Gasteiger partial charge is 0.387 e. The van der Waals surface area contributed by atoms with E-state index in [9.17, 15) is 10.4 Å². The van der Waals surface area contributed by atoms with E-state index in [2.05, 4.69) is 18.3 Å². The molecule has 19 heavy (non-hydrogen) atoms. The number of rotatable bonds is 7. The fourth-order valence-corrected chi connectivity index (χ4v) is 3.23. The first-order valence-corrected chi connectivity index (χ1v) is 8.53. The minimum atomic E-state index is -0.778. The molecule has 0 aromatic heterocycles. The molecule has 0 aliphatic carbocycles. The van der Waals surface area contributed by atoms with Crippen LogP contribution >= 0.6 is 23.5 Å². The van der Waals surface area contributed by atoms with Crippen molar-refractivity contribution in [3.63, 3.8) is 0 Å². The van der Waals surface area contributed by atoms with Gasteiger partial charge in [-0.3, -0.25) is 0 Å². The van der Waals surface area contributed by atoms with E-state index in [4.69, 9.17) is 0 Å². The number of benzene rings is 1. The average molecular weight is 296 g/mol. The Morgan fingerprint density at radius 1 is 1.47 bits per heavy atom. The fourth-order valence-electron chi connectivity index (χ4n) is 1.72. The van der Waals surface area contributed by atoms with Crippen LogP contribution in [0.1, 0.15) is 19.4 Å². The van der Waals surface area contributed by atoms with Crippen LogP contribution in [0, 0.1) is 11.3 Å². The summed E-state index contributed by atoms with van der Waals surface area (Å²) in [4.78, 5) is 0.986. The first-order valence-electron chi connectivity index (χ1n) is 6.15. The van der Waals surface area contributed by atoms with Gasteiger partial charge in [-0.25, -0.2) is 0 Å². The lowest BCUT2D eigenvalue weighted by Crippen LogP contribution is -2.36. The predicted molar refractivity (Wildman–Crippen MR) is 85.1 cm³/mol. The van der Waals surface area contributed by atoms with Crippen LogP contribution < -0.4 is 5.32 Å². The van der Waals surface area contributed by atoms with Crippen molar-refractivity contribution in [2.75, 3.05) is 29.6 Å². The molecule has 1 aromatic carbocycles. The summed E-state index contributed by atoms with van der Waals surface area (Å²) in [5.41, 5.74) is 0.677. The van der Waals surface area contributed by atoms with E-state index >= 15 is 0 Å². The van der Waals surface area contributed by atoms with Gasteiger partial charge >= 0.3 is 0 Å². The van der Waals surface area contributed by atoms with Gasteiger partial charge in [-0.2, -0.15) is 17.0 Å². The average Bonchev–Trinajstić information content (AvgIpc) is 2.37. The van der Waals surface area contributed by atoms with Crippen LogP contribution in [-0.2, 0) is 0 Å². The number of nitrogens with one attached hydrogen (secondary N) is 1. The number of hydrogen-bond donors (Lipinski definition) is 2. The molecular weight excluding hydrogens is 276 g/mol. The van der Waals surface area contributed by atoms with Gasteiger partial charge in [-0.05, 0) is 31.1 Å². The summed E-state index contributed by atoms with van der Waals surface area (Å²) in [6.45, 7) is 4.30. The molecule has 104 valence electrons. The molecule has 0 fully saturated rings. The van der Waals surface area contributed by atoms with Crippen LogP contribution in [0.3, 0.4) is 0 Å². The molecule has 1 rings (SSSR count). The highest BCUT2D eigenvalue weighted by atomic mass is 32.2. The van der Waals surface area contributed by atoms with Crippen molar-refractivity contribution in [1.82, 2.24) is 0 Å². The number of nitrogens with zero attached hydrogens (tertiary/aromatic N) is 1. The molecule has 5 heteroatoms. The van der Waals surface area contributed by atoms with E-state index in [1.54, 1.807) is 30.4 Å².